The van der Waals surface area contributed by atoms with Gasteiger partial charge in [-0.05, 0) is 40.5 Å². The summed E-state index contributed by atoms with van der Waals surface area (Å²) in [6.45, 7) is 2.89. The molecule has 0 saturated carbocycles. The maximum Gasteiger partial charge on any atom is 0.212 e. The fourth-order valence-electron chi connectivity index (χ4n) is 1.90. The number of carbonyl (C=O) groups is 1. The van der Waals surface area contributed by atoms with Gasteiger partial charge >= 0.3 is 0 Å². The molecule has 1 aromatic carbocycles. The molecular weight excluding hydrogens is 344 g/mol. The molecule has 0 unspecified atom stereocenters. The highest BCUT2D eigenvalue weighted by Crippen LogP contribution is 2.23. The van der Waals surface area contributed by atoms with Crippen molar-refractivity contribution < 1.29 is 9.53 Å². The first kappa shape index (κ1) is 15.2. The average Bonchev–Trinajstić information content (AvgIpc) is 2.79. The number of halogens is 2. The van der Waals surface area contributed by atoms with Crippen molar-refractivity contribution in [3.05, 3.63) is 50.7 Å². The zero-order valence-corrected chi connectivity index (χ0v) is 13.5. The highest BCUT2D eigenvalue weighted by atomic mass is 79.9. The predicted molar refractivity (Wildman–Crippen MR) is 81.4 cm³/mol. The van der Waals surface area contributed by atoms with Gasteiger partial charge in [-0.25, -0.2) is 0 Å². The Bertz CT molecular complexity index is 640. The summed E-state index contributed by atoms with van der Waals surface area (Å²) in [4.78, 5) is 12.7. The molecule has 2 aromatic rings. The zero-order valence-electron chi connectivity index (χ0n) is 11.2. The van der Waals surface area contributed by atoms with E-state index in [4.69, 9.17) is 16.3 Å². The normalized spacial score (nSPS) is 10.8. The van der Waals surface area contributed by atoms with Gasteiger partial charge in [-0.15, -0.1) is 0 Å². The highest BCUT2D eigenvalue weighted by Gasteiger charge is 2.20. The summed E-state index contributed by atoms with van der Waals surface area (Å²) in [6, 6.07) is 5.28. The lowest BCUT2D eigenvalue weighted by Crippen LogP contribution is -2.15. The summed E-state index contributed by atoms with van der Waals surface area (Å²) in [7, 11) is 1.61. The van der Waals surface area contributed by atoms with E-state index in [0.29, 0.717) is 33.9 Å². The van der Waals surface area contributed by atoms with Crippen LogP contribution in [-0.2, 0) is 11.3 Å². The van der Waals surface area contributed by atoms with Crippen LogP contribution in [0.25, 0.3) is 0 Å². The first-order valence-corrected chi connectivity index (χ1v) is 7.22. The highest BCUT2D eigenvalue weighted by molar-refractivity contribution is 9.10. The lowest BCUT2D eigenvalue weighted by Gasteiger charge is -2.09. The van der Waals surface area contributed by atoms with Crippen LogP contribution in [0.2, 0.25) is 5.02 Å². The number of benzene rings is 1. The van der Waals surface area contributed by atoms with E-state index in [1.54, 1.807) is 30.1 Å². The molecule has 0 amide bonds. The molecule has 0 atom stereocenters. The molecule has 0 aliphatic heterocycles. The number of ketones is 1. The van der Waals surface area contributed by atoms with Gasteiger partial charge in [0.05, 0.1) is 23.8 Å². The number of hydrogen-bond donors (Lipinski definition) is 0. The smallest absolute Gasteiger partial charge is 0.212 e. The first-order chi connectivity index (χ1) is 9.54. The van der Waals surface area contributed by atoms with Gasteiger partial charge in [0.2, 0.25) is 5.78 Å². The van der Waals surface area contributed by atoms with Gasteiger partial charge < -0.3 is 4.74 Å². The molecule has 106 valence electrons. The molecule has 0 saturated heterocycles. The Balaban J connectivity index is 2.42. The van der Waals surface area contributed by atoms with Crippen LogP contribution >= 0.6 is 27.5 Å². The standard InChI is InChI=1S/C14H14BrClN2O2/c1-9-3-4-10(16)7-11(9)14(19)13-12(15)8-17-18(13)5-6-20-2/h3-4,7-8H,5-6H2,1-2H3. The molecule has 4 nitrogen and oxygen atoms in total. The van der Waals surface area contributed by atoms with Crippen LogP contribution in [0.3, 0.4) is 0 Å². The lowest BCUT2D eigenvalue weighted by molar-refractivity contribution is 0.102. The third-order valence-corrected chi connectivity index (χ3v) is 3.78. The third kappa shape index (κ3) is 3.11. The van der Waals surface area contributed by atoms with Crippen LogP contribution in [-0.4, -0.2) is 29.3 Å². The van der Waals surface area contributed by atoms with Crippen LogP contribution in [0.5, 0.6) is 0 Å². The number of hydrogen-bond acceptors (Lipinski definition) is 3. The van der Waals surface area contributed by atoms with E-state index in [1.165, 1.54) is 0 Å². The van der Waals surface area contributed by atoms with Gasteiger partial charge in [0.15, 0.2) is 0 Å². The minimum absolute atomic E-state index is 0.106. The van der Waals surface area contributed by atoms with Crippen molar-refractivity contribution in [2.24, 2.45) is 0 Å². The number of aromatic nitrogens is 2. The molecular formula is C14H14BrClN2O2. The molecule has 0 aliphatic rings. The van der Waals surface area contributed by atoms with Crippen molar-refractivity contribution in [1.29, 1.82) is 0 Å². The second-order valence-corrected chi connectivity index (χ2v) is 5.64. The molecule has 20 heavy (non-hydrogen) atoms. The number of rotatable bonds is 5. The van der Waals surface area contributed by atoms with E-state index in [-0.39, 0.29) is 5.78 Å². The van der Waals surface area contributed by atoms with E-state index >= 15 is 0 Å². The third-order valence-electron chi connectivity index (χ3n) is 2.96. The topological polar surface area (TPSA) is 44.1 Å². The molecule has 0 N–H and O–H groups in total. The van der Waals surface area contributed by atoms with E-state index in [1.807, 2.05) is 13.0 Å². The van der Waals surface area contributed by atoms with Gasteiger partial charge in [0.1, 0.15) is 5.69 Å². The first-order valence-electron chi connectivity index (χ1n) is 6.05. The van der Waals surface area contributed by atoms with Gasteiger partial charge in [0.25, 0.3) is 0 Å². The Morgan fingerprint density at radius 2 is 2.25 bits per heavy atom. The number of nitrogens with zero attached hydrogens (tertiary/aromatic N) is 2. The second-order valence-electron chi connectivity index (χ2n) is 4.35. The number of methoxy groups -OCH3 is 1. The molecule has 6 heteroatoms. The minimum atomic E-state index is -0.106. The summed E-state index contributed by atoms with van der Waals surface area (Å²) in [5, 5.41) is 4.73. The van der Waals surface area contributed by atoms with Crippen molar-refractivity contribution in [2.45, 2.75) is 13.5 Å². The van der Waals surface area contributed by atoms with Gasteiger partial charge in [-0.1, -0.05) is 17.7 Å². The number of ether oxygens (including phenoxy) is 1. The van der Waals surface area contributed by atoms with E-state index in [0.717, 1.165) is 5.56 Å². The molecule has 0 fully saturated rings. The number of aryl methyl sites for hydroxylation is 1. The van der Waals surface area contributed by atoms with Crippen LogP contribution in [0.4, 0.5) is 0 Å². The maximum atomic E-state index is 12.7. The Kier molecular flexibility index (Phi) is 4.96. The monoisotopic (exact) mass is 356 g/mol. The van der Waals surface area contributed by atoms with Crippen LogP contribution in [0.1, 0.15) is 21.6 Å². The Morgan fingerprint density at radius 3 is 2.95 bits per heavy atom. The SMILES string of the molecule is COCCn1ncc(Br)c1C(=O)c1cc(Cl)ccc1C. The van der Waals surface area contributed by atoms with Gasteiger partial charge in [-0.2, -0.15) is 5.10 Å². The number of carbonyl (C=O) groups excluding carboxylic acids is 1. The van der Waals surface area contributed by atoms with Gasteiger partial charge in [-0.3, -0.25) is 9.48 Å². The lowest BCUT2D eigenvalue weighted by atomic mass is 10.0. The van der Waals surface area contributed by atoms with Gasteiger partial charge in [0, 0.05) is 17.7 Å². The van der Waals surface area contributed by atoms with E-state index < -0.39 is 0 Å². The Hall–Kier alpha value is -1.17. The summed E-state index contributed by atoms with van der Waals surface area (Å²) >= 11 is 9.35. The molecule has 0 bridgehead atoms. The largest absolute Gasteiger partial charge is 0.383 e. The summed E-state index contributed by atoms with van der Waals surface area (Å²) < 4.78 is 7.33. The van der Waals surface area contributed by atoms with Crippen molar-refractivity contribution in [2.75, 3.05) is 13.7 Å². The maximum absolute atomic E-state index is 12.7. The predicted octanol–water partition coefficient (Wildman–Crippen LogP) is 3.48. The molecule has 0 radical (unpaired) electrons. The minimum Gasteiger partial charge on any atom is -0.383 e. The van der Waals surface area contributed by atoms with Crippen molar-refractivity contribution in [3.8, 4) is 0 Å². The van der Waals surface area contributed by atoms with Crippen molar-refractivity contribution in [1.82, 2.24) is 9.78 Å². The van der Waals surface area contributed by atoms with Crippen molar-refractivity contribution in [3.63, 3.8) is 0 Å². The molecule has 1 heterocycles. The van der Waals surface area contributed by atoms with Crippen molar-refractivity contribution >= 4 is 33.3 Å². The molecule has 0 spiro atoms. The van der Waals surface area contributed by atoms with E-state index in [2.05, 4.69) is 21.0 Å². The Labute approximate surface area is 130 Å². The zero-order chi connectivity index (χ0) is 14.7. The fourth-order valence-corrected chi connectivity index (χ4v) is 2.55. The van der Waals surface area contributed by atoms with Crippen LogP contribution < -0.4 is 0 Å². The molecule has 1 aromatic heterocycles. The van der Waals surface area contributed by atoms with Crippen LogP contribution in [0, 0.1) is 6.92 Å². The molecule has 0 aliphatic carbocycles. The van der Waals surface area contributed by atoms with E-state index in [9.17, 15) is 4.79 Å². The summed E-state index contributed by atoms with van der Waals surface area (Å²) in [5.74, 6) is -0.106. The Morgan fingerprint density at radius 1 is 1.50 bits per heavy atom. The second kappa shape index (κ2) is 6.52. The quantitative estimate of drug-likeness (QED) is 0.770. The van der Waals surface area contributed by atoms with Crippen LogP contribution in [0.15, 0.2) is 28.9 Å². The fraction of sp³-hybridized carbons (Fsp3) is 0.286. The molecule has 2 rings (SSSR count). The average molecular weight is 358 g/mol. The summed E-state index contributed by atoms with van der Waals surface area (Å²) in [5.41, 5.74) is 1.97. The summed E-state index contributed by atoms with van der Waals surface area (Å²) in [6.07, 6.45) is 1.61.